The number of carbonyl (C=O) groups excluding carboxylic acids is 1. The molecule has 34 heavy (non-hydrogen) atoms. The number of rotatable bonds is 9. The molecule has 2 heterocycles. The molecule has 0 saturated carbocycles. The second kappa shape index (κ2) is 11.1. The average Bonchev–Trinajstić information content (AvgIpc) is 3.46. The molecule has 0 bridgehead atoms. The van der Waals surface area contributed by atoms with Crippen LogP contribution in [0, 0.1) is 0 Å². The van der Waals surface area contributed by atoms with Gasteiger partial charge in [0.2, 0.25) is 0 Å². The van der Waals surface area contributed by atoms with Gasteiger partial charge in [-0.15, -0.1) is 11.3 Å². The van der Waals surface area contributed by atoms with Gasteiger partial charge in [-0.25, -0.2) is 0 Å². The molecule has 3 aromatic rings. The highest BCUT2D eigenvalue weighted by atomic mass is 35.5. The molecule has 1 aliphatic heterocycles. The first-order chi connectivity index (χ1) is 16.5. The van der Waals surface area contributed by atoms with Crippen molar-refractivity contribution in [3.63, 3.8) is 0 Å². The summed E-state index contributed by atoms with van der Waals surface area (Å²) in [6.45, 7) is 2.79. The van der Waals surface area contributed by atoms with E-state index in [4.69, 9.17) is 21.1 Å². The van der Waals surface area contributed by atoms with Crippen LogP contribution in [0.2, 0.25) is 5.02 Å². The second-order valence-electron chi connectivity index (χ2n) is 8.02. The third-order valence-electron chi connectivity index (χ3n) is 5.67. The fourth-order valence-corrected chi connectivity index (χ4v) is 5.05. The van der Waals surface area contributed by atoms with Gasteiger partial charge in [-0.3, -0.25) is 9.69 Å². The molecule has 1 amide bonds. The van der Waals surface area contributed by atoms with E-state index < -0.39 is 0 Å². The first-order valence-electron chi connectivity index (χ1n) is 11.1. The molecule has 9 heteroatoms. The lowest BCUT2D eigenvalue weighted by molar-refractivity contribution is 0.103. The number of aliphatic hydroxyl groups is 1. The Hall–Kier alpha value is -2.78. The number of β-amino-alcohol motifs (C(OH)–C–C–N with tert-alkyl or cyclic N) is 1. The van der Waals surface area contributed by atoms with Gasteiger partial charge in [-0.1, -0.05) is 23.7 Å². The Kier molecular flexibility index (Phi) is 7.95. The van der Waals surface area contributed by atoms with E-state index in [1.54, 1.807) is 32.4 Å². The van der Waals surface area contributed by atoms with Crippen molar-refractivity contribution in [1.82, 2.24) is 4.90 Å². The monoisotopic (exact) mass is 501 g/mol. The third-order valence-corrected chi connectivity index (χ3v) is 7.11. The lowest BCUT2D eigenvalue weighted by atomic mass is 10.2. The van der Waals surface area contributed by atoms with Crippen LogP contribution in [-0.2, 0) is 0 Å². The van der Waals surface area contributed by atoms with Crippen molar-refractivity contribution in [2.75, 3.05) is 51.0 Å². The van der Waals surface area contributed by atoms with Crippen molar-refractivity contribution in [1.29, 1.82) is 0 Å². The van der Waals surface area contributed by atoms with E-state index in [-0.39, 0.29) is 12.0 Å². The van der Waals surface area contributed by atoms with E-state index in [2.05, 4.69) is 15.5 Å². The summed E-state index contributed by atoms with van der Waals surface area (Å²) in [5.41, 5.74) is 2.36. The SMILES string of the molecule is CNc1cc(-c2ccc(Cl)cc2)sc1C(=O)Nc1ccc(OCCN2CC[C@H](O)C2)c(OC)c1. The predicted molar refractivity (Wildman–Crippen MR) is 138 cm³/mol. The van der Waals surface area contributed by atoms with Crippen molar-refractivity contribution in [2.24, 2.45) is 0 Å². The van der Waals surface area contributed by atoms with Crippen LogP contribution < -0.4 is 20.1 Å². The maximum absolute atomic E-state index is 13.1. The van der Waals surface area contributed by atoms with Gasteiger partial charge >= 0.3 is 0 Å². The van der Waals surface area contributed by atoms with Crippen LogP contribution in [0.1, 0.15) is 16.1 Å². The average molecular weight is 502 g/mol. The predicted octanol–water partition coefficient (Wildman–Crippen LogP) is 4.82. The van der Waals surface area contributed by atoms with Gasteiger partial charge in [0.05, 0.1) is 18.9 Å². The van der Waals surface area contributed by atoms with Crippen LogP contribution in [0.25, 0.3) is 10.4 Å². The number of hydrogen-bond acceptors (Lipinski definition) is 7. The number of nitrogens with one attached hydrogen (secondary N) is 2. The quantitative estimate of drug-likeness (QED) is 0.390. The molecule has 0 aliphatic carbocycles. The van der Waals surface area contributed by atoms with Crippen molar-refractivity contribution in [2.45, 2.75) is 12.5 Å². The van der Waals surface area contributed by atoms with Crippen LogP contribution in [-0.4, -0.2) is 62.4 Å². The lowest BCUT2D eigenvalue weighted by Gasteiger charge is -2.17. The zero-order valence-corrected chi connectivity index (χ0v) is 20.7. The summed E-state index contributed by atoms with van der Waals surface area (Å²) in [6.07, 6.45) is 0.560. The van der Waals surface area contributed by atoms with Crippen molar-refractivity contribution in [3.8, 4) is 21.9 Å². The van der Waals surface area contributed by atoms with Gasteiger partial charge < -0.3 is 25.2 Å². The van der Waals surface area contributed by atoms with Crippen LogP contribution in [0.3, 0.4) is 0 Å². The number of nitrogens with zero attached hydrogens (tertiary/aromatic N) is 1. The summed E-state index contributed by atoms with van der Waals surface area (Å²) in [4.78, 5) is 16.8. The van der Waals surface area contributed by atoms with Crippen molar-refractivity contribution in [3.05, 3.63) is 58.4 Å². The van der Waals surface area contributed by atoms with Gasteiger partial charge in [0.1, 0.15) is 11.5 Å². The fraction of sp³-hybridized carbons (Fsp3) is 0.320. The Labute approximate surface area is 208 Å². The molecule has 180 valence electrons. The molecular weight excluding hydrogens is 474 g/mol. The molecule has 0 spiro atoms. The van der Waals surface area contributed by atoms with Gasteiger partial charge in [-0.05, 0) is 42.3 Å². The number of halogens is 1. The van der Waals surface area contributed by atoms with E-state index in [1.807, 2.05) is 30.3 Å². The minimum absolute atomic E-state index is 0.210. The van der Waals surface area contributed by atoms with E-state index in [9.17, 15) is 9.90 Å². The Balaban J connectivity index is 1.42. The number of methoxy groups -OCH3 is 1. The maximum Gasteiger partial charge on any atom is 0.267 e. The zero-order chi connectivity index (χ0) is 24.1. The highest BCUT2D eigenvalue weighted by Gasteiger charge is 2.20. The minimum Gasteiger partial charge on any atom is -0.493 e. The molecule has 1 atom stereocenters. The number of thiophene rings is 1. The summed E-state index contributed by atoms with van der Waals surface area (Å²) in [7, 11) is 3.36. The summed E-state index contributed by atoms with van der Waals surface area (Å²) >= 11 is 7.41. The topological polar surface area (TPSA) is 83.1 Å². The number of likely N-dealkylation sites (tertiary alicyclic amines) is 1. The smallest absolute Gasteiger partial charge is 0.267 e. The van der Waals surface area contributed by atoms with E-state index in [0.29, 0.717) is 40.2 Å². The Morgan fingerprint density at radius 2 is 2.00 bits per heavy atom. The number of benzene rings is 2. The third kappa shape index (κ3) is 5.82. The second-order valence-corrected chi connectivity index (χ2v) is 9.51. The van der Waals surface area contributed by atoms with Gasteiger partial charge in [0, 0.05) is 48.3 Å². The highest BCUT2D eigenvalue weighted by molar-refractivity contribution is 7.18. The fourth-order valence-electron chi connectivity index (χ4n) is 3.85. The Morgan fingerprint density at radius 1 is 1.21 bits per heavy atom. The van der Waals surface area contributed by atoms with Crippen LogP contribution in [0.4, 0.5) is 11.4 Å². The van der Waals surface area contributed by atoms with E-state index >= 15 is 0 Å². The Morgan fingerprint density at radius 3 is 2.68 bits per heavy atom. The molecule has 2 aromatic carbocycles. The standard InChI is InChI=1S/C25H28ClN3O4S/c1-27-20-14-23(16-3-5-17(26)6-4-16)34-24(20)25(31)28-18-7-8-21(22(13-18)32-2)33-12-11-29-10-9-19(30)15-29/h3-8,13-14,19,27,30H,9-12,15H2,1-2H3,(H,28,31)/t19-/m0/s1. The zero-order valence-electron chi connectivity index (χ0n) is 19.1. The summed E-state index contributed by atoms with van der Waals surface area (Å²) in [6, 6.07) is 14.8. The van der Waals surface area contributed by atoms with Crippen molar-refractivity contribution < 1.29 is 19.4 Å². The molecule has 0 radical (unpaired) electrons. The van der Waals surface area contributed by atoms with Crippen molar-refractivity contribution >= 4 is 40.2 Å². The molecule has 4 rings (SSSR count). The normalized spacial score (nSPS) is 15.8. The summed E-state index contributed by atoms with van der Waals surface area (Å²) in [5.74, 6) is 0.941. The molecular formula is C25H28ClN3O4S. The number of amides is 1. The number of carbonyl (C=O) groups is 1. The number of anilines is 2. The number of hydrogen-bond donors (Lipinski definition) is 3. The van der Waals surface area contributed by atoms with Gasteiger partial charge in [-0.2, -0.15) is 0 Å². The number of aliphatic hydroxyl groups excluding tert-OH is 1. The van der Waals surface area contributed by atoms with Gasteiger partial charge in [0.15, 0.2) is 11.5 Å². The summed E-state index contributed by atoms with van der Waals surface area (Å²) in [5, 5.41) is 16.4. The maximum atomic E-state index is 13.1. The molecule has 1 saturated heterocycles. The minimum atomic E-state index is -0.244. The molecule has 3 N–H and O–H groups in total. The first kappa shape index (κ1) is 24.3. The number of ether oxygens (including phenoxy) is 2. The van der Waals surface area contributed by atoms with Gasteiger partial charge in [0.25, 0.3) is 5.91 Å². The van der Waals surface area contributed by atoms with E-state index in [1.165, 1.54) is 11.3 Å². The van der Waals surface area contributed by atoms with Crippen LogP contribution >= 0.6 is 22.9 Å². The largest absolute Gasteiger partial charge is 0.493 e. The molecule has 0 unspecified atom stereocenters. The van der Waals surface area contributed by atoms with Crippen LogP contribution in [0.5, 0.6) is 11.5 Å². The Bertz CT molecular complexity index is 1140. The molecule has 1 fully saturated rings. The highest BCUT2D eigenvalue weighted by Crippen LogP contribution is 2.36. The summed E-state index contributed by atoms with van der Waals surface area (Å²) < 4.78 is 11.4. The van der Waals surface area contributed by atoms with Crippen LogP contribution in [0.15, 0.2) is 48.5 Å². The lowest BCUT2D eigenvalue weighted by Crippen LogP contribution is -2.27. The first-order valence-corrected chi connectivity index (χ1v) is 12.3. The van der Waals surface area contributed by atoms with E-state index in [0.717, 1.165) is 35.6 Å². The molecule has 7 nitrogen and oxygen atoms in total. The molecule has 1 aromatic heterocycles. The molecule has 1 aliphatic rings.